The van der Waals surface area contributed by atoms with Crippen molar-refractivity contribution in [1.29, 1.82) is 0 Å². The number of thiocarbonyl (C=S) groups is 1. The fourth-order valence-corrected chi connectivity index (χ4v) is 2.95. The standard InChI is InChI=1S/C14H28N4OS/c1-4-6-16-14(19)11(3)17-7-9-18(10-8-17)12(5-2)13(15)20/h11-12H,4-10H2,1-3H3,(H2,15,20)(H,16,19). The van der Waals surface area contributed by atoms with Crippen molar-refractivity contribution >= 4 is 23.1 Å². The molecule has 1 heterocycles. The molecule has 0 saturated carbocycles. The minimum Gasteiger partial charge on any atom is -0.392 e. The van der Waals surface area contributed by atoms with E-state index in [0.717, 1.165) is 45.6 Å². The Labute approximate surface area is 127 Å². The Balaban J connectivity index is 2.45. The number of piperazine rings is 1. The molecule has 116 valence electrons. The summed E-state index contributed by atoms with van der Waals surface area (Å²) in [5.41, 5.74) is 5.79. The van der Waals surface area contributed by atoms with Gasteiger partial charge in [0, 0.05) is 32.7 Å². The highest BCUT2D eigenvalue weighted by atomic mass is 32.1. The van der Waals surface area contributed by atoms with Gasteiger partial charge in [0.1, 0.15) is 0 Å². The molecule has 5 nitrogen and oxygen atoms in total. The first-order chi connectivity index (χ1) is 9.51. The van der Waals surface area contributed by atoms with E-state index in [1.807, 2.05) is 6.92 Å². The summed E-state index contributed by atoms with van der Waals surface area (Å²) in [6, 6.07) is 0.130. The molecule has 0 aliphatic carbocycles. The number of hydrogen-bond acceptors (Lipinski definition) is 4. The zero-order valence-electron chi connectivity index (χ0n) is 12.9. The maximum absolute atomic E-state index is 12.0. The van der Waals surface area contributed by atoms with E-state index in [9.17, 15) is 4.79 Å². The monoisotopic (exact) mass is 300 g/mol. The van der Waals surface area contributed by atoms with Gasteiger partial charge in [-0.25, -0.2) is 0 Å². The molecule has 20 heavy (non-hydrogen) atoms. The van der Waals surface area contributed by atoms with Crippen LogP contribution in [0, 0.1) is 0 Å². The summed E-state index contributed by atoms with van der Waals surface area (Å²) in [5.74, 6) is 0.127. The normalized spacial score (nSPS) is 20.4. The van der Waals surface area contributed by atoms with E-state index < -0.39 is 0 Å². The molecule has 1 aliphatic heterocycles. The number of nitrogens with zero attached hydrogens (tertiary/aromatic N) is 2. The van der Waals surface area contributed by atoms with Crippen LogP contribution < -0.4 is 11.1 Å². The van der Waals surface area contributed by atoms with Gasteiger partial charge in [-0.2, -0.15) is 0 Å². The van der Waals surface area contributed by atoms with Crippen molar-refractivity contribution < 1.29 is 4.79 Å². The molecule has 0 spiro atoms. The summed E-state index contributed by atoms with van der Waals surface area (Å²) in [6.45, 7) is 10.5. The third kappa shape index (κ3) is 4.68. The number of amides is 1. The fraction of sp³-hybridized carbons (Fsp3) is 0.857. The second-order valence-electron chi connectivity index (χ2n) is 5.37. The Hall–Kier alpha value is -0.720. The summed E-state index contributed by atoms with van der Waals surface area (Å²) in [7, 11) is 0. The quantitative estimate of drug-likeness (QED) is 0.674. The van der Waals surface area contributed by atoms with Gasteiger partial charge in [0.2, 0.25) is 5.91 Å². The molecule has 0 bridgehead atoms. The van der Waals surface area contributed by atoms with Crippen LogP contribution in [0.4, 0.5) is 0 Å². The van der Waals surface area contributed by atoms with Crippen molar-refractivity contribution in [3.8, 4) is 0 Å². The average molecular weight is 300 g/mol. The van der Waals surface area contributed by atoms with Crippen LogP contribution in [0.3, 0.4) is 0 Å². The van der Waals surface area contributed by atoms with Crippen LogP contribution in [-0.4, -0.2) is 65.5 Å². The van der Waals surface area contributed by atoms with E-state index in [1.54, 1.807) is 0 Å². The van der Waals surface area contributed by atoms with Gasteiger partial charge in [-0.15, -0.1) is 0 Å². The third-order valence-corrected chi connectivity index (χ3v) is 4.25. The van der Waals surface area contributed by atoms with Gasteiger partial charge in [0.25, 0.3) is 0 Å². The Bertz CT molecular complexity index is 329. The molecule has 1 rings (SSSR count). The van der Waals surface area contributed by atoms with E-state index in [0.29, 0.717) is 4.99 Å². The molecule has 0 aromatic heterocycles. The van der Waals surface area contributed by atoms with Crippen LogP contribution in [0.2, 0.25) is 0 Å². The molecular weight excluding hydrogens is 272 g/mol. The number of carbonyl (C=O) groups is 1. The van der Waals surface area contributed by atoms with E-state index >= 15 is 0 Å². The fourth-order valence-electron chi connectivity index (χ4n) is 2.64. The van der Waals surface area contributed by atoms with Gasteiger partial charge < -0.3 is 11.1 Å². The number of rotatable bonds is 7. The summed E-state index contributed by atoms with van der Waals surface area (Å²) >= 11 is 5.13. The van der Waals surface area contributed by atoms with Gasteiger partial charge in [-0.05, 0) is 19.8 Å². The highest BCUT2D eigenvalue weighted by molar-refractivity contribution is 7.80. The van der Waals surface area contributed by atoms with Crippen molar-refractivity contribution in [2.45, 2.75) is 45.7 Å². The van der Waals surface area contributed by atoms with E-state index in [4.69, 9.17) is 18.0 Å². The van der Waals surface area contributed by atoms with Crippen molar-refractivity contribution in [2.75, 3.05) is 32.7 Å². The minimum atomic E-state index is -0.0615. The van der Waals surface area contributed by atoms with Gasteiger partial charge >= 0.3 is 0 Å². The lowest BCUT2D eigenvalue weighted by molar-refractivity contribution is -0.126. The molecule has 1 saturated heterocycles. The second kappa shape index (κ2) is 8.54. The highest BCUT2D eigenvalue weighted by Crippen LogP contribution is 2.12. The summed E-state index contributed by atoms with van der Waals surface area (Å²) in [6.07, 6.45) is 1.92. The summed E-state index contributed by atoms with van der Waals surface area (Å²) < 4.78 is 0. The van der Waals surface area contributed by atoms with Crippen molar-refractivity contribution in [3.05, 3.63) is 0 Å². The lowest BCUT2D eigenvalue weighted by Crippen LogP contribution is -2.57. The molecular formula is C14H28N4OS. The van der Waals surface area contributed by atoms with Crippen LogP contribution in [0.1, 0.15) is 33.6 Å². The molecule has 1 fully saturated rings. The van der Waals surface area contributed by atoms with Crippen molar-refractivity contribution in [2.24, 2.45) is 5.73 Å². The molecule has 3 N–H and O–H groups in total. The minimum absolute atomic E-state index is 0.0615. The SMILES string of the molecule is CCCNC(=O)C(C)N1CCN(C(CC)C(N)=S)CC1. The predicted octanol–water partition coefficient (Wildman–Crippen LogP) is 0.583. The largest absolute Gasteiger partial charge is 0.392 e. The number of hydrogen-bond donors (Lipinski definition) is 2. The Morgan fingerprint density at radius 3 is 2.25 bits per heavy atom. The molecule has 0 aromatic carbocycles. The van der Waals surface area contributed by atoms with Crippen molar-refractivity contribution in [1.82, 2.24) is 15.1 Å². The van der Waals surface area contributed by atoms with Crippen LogP contribution in [0.25, 0.3) is 0 Å². The summed E-state index contributed by atoms with van der Waals surface area (Å²) in [4.78, 5) is 17.1. The van der Waals surface area contributed by atoms with E-state index in [1.165, 1.54) is 0 Å². The second-order valence-corrected chi connectivity index (χ2v) is 5.84. The molecule has 2 unspecified atom stereocenters. The van der Waals surface area contributed by atoms with Gasteiger partial charge in [0.15, 0.2) is 0 Å². The number of nitrogens with two attached hydrogens (primary N) is 1. The van der Waals surface area contributed by atoms with Crippen LogP contribution in [0.5, 0.6) is 0 Å². The first kappa shape index (κ1) is 17.3. The number of nitrogens with one attached hydrogen (secondary N) is 1. The van der Waals surface area contributed by atoms with Crippen LogP contribution in [-0.2, 0) is 4.79 Å². The number of carbonyl (C=O) groups excluding carboxylic acids is 1. The maximum Gasteiger partial charge on any atom is 0.237 e. The lowest BCUT2D eigenvalue weighted by Gasteiger charge is -2.40. The molecule has 6 heteroatoms. The molecule has 1 aliphatic rings. The maximum atomic E-state index is 12.0. The topological polar surface area (TPSA) is 61.6 Å². The lowest BCUT2D eigenvalue weighted by atomic mass is 10.1. The Morgan fingerprint density at radius 2 is 1.80 bits per heavy atom. The first-order valence-corrected chi connectivity index (χ1v) is 7.97. The average Bonchev–Trinajstić information content (AvgIpc) is 2.45. The van der Waals surface area contributed by atoms with E-state index in [-0.39, 0.29) is 18.0 Å². The Kier molecular flexibility index (Phi) is 7.40. The summed E-state index contributed by atoms with van der Waals surface area (Å²) in [5, 5.41) is 2.96. The Morgan fingerprint density at radius 1 is 1.25 bits per heavy atom. The van der Waals surface area contributed by atoms with Crippen LogP contribution >= 0.6 is 12.2 Å². The smallest absolute Gasteiger partial charge is 0.237 e. The van der Waals surface area contributed by atoms with Gasteiger partial charge in [0.05, 0.1) is 17.1 Å². The molecule has 1 amide bonds. The highest BCUT2D eigenvalue weighted by Gasteiger charge is 2.28. The first-order valence-electron chi connectivity index (χ1n) is 7.56. The predicted molar refractivity (Wildman–Crippen MR) is 86.8 cm³/mol. The third-order valence-electron chi connectivity index (χ3n) is 3.98. The molecule has 0 aromatic rings. The molecule has 0 radical (unpaired) electrons. The molecule has 2 atom stereocenters. The van der Waals surface area contributed by atoms with Crippen molar-refractivity contribution in [3.63, 3.8) is 0 Å². The zero-order valence-corrected chi connectivity index (χ0v) is 13.7. The van der Waals surface area contributed by atoms with Crippen LogP contribution in [0.15, 0.2) is 0 Å². The zero-order chi connectivity index (χ0) is 15.1. The van der Waals surface area contributed by atoms with E-state index in [2.05, 4.69) is 29.0 Å². The van der Waals surface area contributed by atoms with Gasteiger partial charge in [-0.1, -0.05) is 26.1 Å². The van der Waals surface area contributed by atoms with Gasteiger partial charge in [-0.3, -0.25) is 14.6 Å².